The first-order valence-corrected chi connectivity index (χ1v) is 8.36. The van der Waals surface area contributed by atoms with Crippen LogP contribution in [-0.2, 0) is 14.3 Å². The molecule has 1 N–H and O–H groups in total. The van der Waals surface area contributed by atoms with E-state index in [-0.39, 0.29) is 23.1 Å². The maximum absolute atomic E-state index is 11.8. The molecule has 1 aliphatic heterocycles. The van der Waals surface area contributed by atoms with Crippen molar-refractivity contribution in [3.05, 3.63) is 0 Å². The van der Waals surface area contributed by atoms with Crippen LogP contribution in [0.4, 0.5) is 0 Å². The smallest absolute Gasteiger partial charge is 0.308 e. The van der Waals surface area contributed by atoms with Gasteiger partial charge in [-0.15, -0.1) is 0 Å². The van der Waals surface area contributed by atoms with E-state index in [1.165, 1.54) is 0 Å². The van der Waals surface area contributed by atoms with E-state index in [0.29, 0.717) is 18.7 Å². The van der Waals surface area contributed by atoms with E-state index in [0.717, 1.165) is 32.1 Å². The molecule has 2 fully saturated rings. The fourth-order valence-corrected chi connectivity index (χ4v) is 3.86. The molecule has 0 amide bonds. The van der Waals surface area contributed by atoms with Crippen LogP contribution in [0.5, 0.6) is 0 Å². The van der Waals surface area contributed by atoms with Gasteiger partial charge in [0.1, 0.15) is 0 Å². The van der Waals surface area contributed by atoms with Crippen LogP contribution in [-0.4, -0.2) is 35.9 Å². The molecule has 2 rings (SSSR count). The van der Waals surface area contributed by atoms with E-state index in [9.17, 15) is 4.79 Å². The molecule has 4 heteroatoms. The summed E-state index contributed by atoms with van der Waals surface area (Å²) >= 11 is 0. The molecule has 0 spiro atoms. The predicted octanol–water partition coefficient (Wildman–Crippen LogP) is 3.04. The third-order valence-electron chi connectivity index (χ3n) is 4.86. The Balaban J connectivity index is 1.83. The summed E-state index contributed by atoms with van der Waals surface area (Å²) in [4.78, 5) is 11.8. The lowest BCUT2D eigenvalue weighted by atomic mass is 9.84. The van der Waals surface area contributed by atoms with Gasteiger partial charge in [0.25, 0.3) is 0 Å². The zero-order valence-electron chi connectivity index (χ0n) is 14.2. The van der Waals surface area contributed by atoms with Crippen LogP contribution in [0.25, 0.3) is 0 Å². The molecule has 0 radical (unpaired) electrons. The fraction of sp³-hybridized carbons (Fsp3) is 0.941. The van der Waals surface area contributed by atoms with Gasteiger partial charge in [0, 0.05) is 12.1 Å². The minimum Gasteiger partial charge on any atom is -0.466 e. The van der Waals surface area contributed by atoms with E-state index in [1.54, 1.807) is 0 Å². The number of nitrogens with one attached hydrogen (secondary N) is 1. The Kier molecular flexibility index (Phi) is 4.99. The minimum atomic E-state index is -0.124. The van der Waals surface area contributed by atoms with Gasteiger partial charge in [0.15, 0.2) is 0 Å². The number of hydrogen-bond donors (Lipinski definition) is 1. The molecule has 1 saturated carbocycles. The Morgan fingerprint density at radius 2 is 1.81 bits per heavy atom. The number of esters is 1. The summed E-state index contributed by atoms with van der Waals surface area (Å²) in [6.45, 7) is 11.0. The summed E-state index contributed by atoms with van der Waals surface area (Å²) in [5.41, 5.74) is -0.176. The molecule has 0 aromatic heterocycles. The molecular weight excluding hydrogens is 266 g/mol. The number of rotatable bonds is 4. The van der Waals surface area contributed by atoms with E-state index in [1.807, 2.05) is 6.92 Å². The summed E-state index contributed by atoms with van der Waals surface area (Å²) < 4.78 is 11.3. The van der Waals surface area contributed by atoms with Gasteiger partial charge in [-0.05, 0) is 66.7 Å². The second-order valence-corrected chi connectivity index (χ2v) is 7.69. The van der Waals surface area contributed by atoms with Crippen molar-refractivity contribution in [2.75, 3.05) is 6.61 Å². The predicted molar refractivity (Wildman–Crippen MR) is 83.2 cm³/mol. The van der Waals surface area contributed by atoms with E-state index < -0.39 is 0 Å². The molecule has 0 aromatic carbocycles. The second kappa shape index (κ2) is 6.25. The third kappa shape index (κ3) is 4.19. The van der Waals surface area contributed by atoms with Gasteiger partial charge in [-0.25, -0.2) is 0 Å². The van der Waals surface area contributed by atoms with Gasteiger partial charge >= 0.3 is 5.97 Å². The average Bonchev–Trinajstić information content (AvgIpc) is 2.58. The third-order valence-corrected chi connectivity index (χ3v) is 4.86. The highest BCUT2D eigenvalue weighted by Gasteiger charge is 2.46. The molecule has 1 saturated heterocycles. The first-order valence-electron chi connectivity index (χ1n) is 8.36. The van der Waals surface area contributed by atoms with Gasteiger partial charge in [0.2, 0.25) is 0 Å². The first-order chi connectivity index (χ1) is 9.73. The Bertz CT molecular complexity index is 370. The standard InChI is InChI=1S/C17H31NO3/c1-6-20-15(19)12-7-9-13(10-8-12)18-14-11-16(2,3)21-17(14,4)5/h12-14,18H,6-11H2,1-5H3. The van der Waals surface area contributed by atoms with Crippen molar-refractivity contribution >= 4 is 5.97 Å². The summed E-state index contributed by atoms with van der Waals surface area (Å²) in [6.07, 6.45) is 5.02. The maximum atomic E-state index is 11.8. The summed E-state index contributed by atoms with van der Waals surface area (Å²) in [7, 11) is 0. The molecule has 1 heterocycles. The van der Waals surface area contributed by atoms with Gasteiger partial charge in [0.05, 0.1) is 23.7 Å². The fourth-order valence-electron chi connectivity index (χ4n) is 3.86. The van der Waals surface area contributed by atoms with Crippen molar-refractivity contribution in [2.45, 2.75) is 90.0 Å². The summed E-state index contributed by atoms with van der Waals surface area (Å²) in [5.74, 6) is 0.0916. The normalized spacial score (nSPS) is 34.6. The number of hydrogen-bond acceptors (Lipinski definition) is 4. The summed E-state index contributed by atoms with van der Waals surface area (Å²) in [6, 6.07) is 0.883. The zero-order valence-corrected chi connectivity index (χ0v) is 14.2. The SMILES string of the molecule is CCOC(=O)C1CCC(NC2CC(C)(C)OC2(C)C)CC1. The molecule has 122 valence electrons. The topological polar surface area (TPSA) is 47.6 Å². The Morgan fingerprint density at radius 3 is 2.29 bits per heavy atom. The second-order valence-electron chi connectivity index (χ2n) is 7.69. The monoisotopic (exact) mass is 297 g/mol. The number of carbonyl (C=O) groups excluding carboxylic acids is 1. The largest absolute Gasteiger partial charge is 0.466 e. The Hall–Kier alpha value is -0.610. The van der Waals surface area contributed by atoms with Crippen molar-refractivity contribution in [3.8, 4) is 0 Å². The molecule has 21 heavy (non-hydrogen) atoms. The van der Waals surface area contributed by atoms with Crippen LogP contribution in [0.1, 0.15) is 66.7 Å². The molecule has 1 atom stereocenters. The highest BCUT2D eigenvalue weighted by molar-refractivity contribution is 5.72. The molecule has 0 bridgehead atoms. The van der Waals surface area contributed by atoms with E-state index in [4.69, 9.17) is 9.47 Å². The van der Waals surface area contributed by atoms with Crippen LogP contribution in [0.2, 0.25) is 0 Å². The Morgan fingerprint density at radius 1 is 1.19 bits per heavy atom. The molecular formula is C17H31NO3. The molecule has 1 unspecified atom stereocenters. The number of ether oxygens (including phenoxy) is 2. The van der Waals surface area contributed by atoms with Crippen LogP contribution >= 0.6 is 0 Å². The van der Waals surface area contributed by atoms with Gasteiger partial charge in [-0.1, -0.05) is 0 Å². The molecule has 4 nitrogen and oxygen atoms in total. The average molecular weight is 297 g/mol. The van der Waals surface area contributed by atoms with E-state index in [2.05, 4.69) is 33.0 Å². The van der Waals surface area contributed by atoms with Crippen LogP contribution in [0.15, 0.2) is 0 Å². The quantitative estimate of drug-likeness (QED) is 0.810. The molecule has 0 aromatic rings. The maximum Gasteiger partial charge on any atom is 0.308 e. The van der Waals surface area contributed by atoms with Crippen molar-refractivity contribution in [1.29, 1.82) is 0 Å². The Labute approximate surface area is 129 Å². The molecule has 1 aliphatic carbocycles. The van der Waals surface area contributed by atoms with Crippen LogP contribution < -0.4 is 5.32 Å². The van der Waals surface area contributed by atoms with Gasteiger partial charge in [-0.2, -0.15) is 0 Å². The van der Waals surface area contributed by atoms with Crippen molar-refractivity contribution in [2.24, 2.45) is 5.92 Å². The lowest BCUT2D eigenvalue weighted by Crippen LogP contribution is -2.49. The highest BCUT2D eigenvalue weighted by atomic mass is 16.5. The first kappa shape index (κ1) is 16.8. The van der Waals surface area contributed by atoms with E-state index >= 15 is 0 Å². The number of carbonyl (C=O) groups is 1. The zero-order chi connectivity index (χ0) is 15.7. The molecule has 2 aliphatic rings. The lowest BCUT2D eigenvalue weighted by molar-refractivity contribution is -0.149. The lowest BCUT2D eigenvalue weighted by Gasteiger charge is -2.34. The highest BCUT2D eigenvalue weighted by Crippen LogP contribution is 2.38. The van der Waals surface area contributed by atoms with Crippen LogP contribution in [0, 0.1) is 5.92 Å². The summed E-state index contributed by atoms with van der Waals surface area (Å²) in [5, 5.41) is 3.78. The minimum absolute atomic E-state index is 0.0124. The van der Waals surface area contributed by atoms with Gasteiger partial charge in [-0.3, -0.25) is 4.79 Å². The van der Waals surface area contributed by atoms with Crippen molar-refractivity contribution in [3.63, 3.8) is 0 Å². The van der Waals surface area contributed by atoms with Crippen molar-refractivity contribution in [1.82, 2.24) is 5.32 Å². The van der Waals surface area contributed by atoms with Gasteiger partial charge < -0.3 is 14.8 Å². The van der Waals surface area contributed by atoms with Crippen LogP contribution in [0.3, 0.4) is 0 Å². The van der Waals surface area contributed by atoms with Crippen molar-refractivity contribution < 1.29 is 14.3 Å².